The van der Waals surface area contributed by atoms with Crippen LogP contribution in [0.4, 0.5) is 5.69 Å². The minimum Gasteiger partial charge on any atom is -0.489 e. The normalized spacial score (nSPS) is 11.2. The van der Waals surface area contributed by atoms with Gasteiger partial charge in [0.2, 0.25) is 5.75 Å². The van der Waals surface area contributed by atoms with Crippen molar-refractivity contribution in [2.24, 2.45) is 0 Å². The fraction of sp³-hybridized carbons (Fsp3) is 0.591. The highest BCUT2D eigenvalue weighted by Gasteiger charge is 2.22. The second kappa shape index (κ2) is 10.8. The number of non-ortho nitro benzene ring substituents is 1. The highest BCUT2D eigenvalue weighted by atomic mass is 16.6. The first-order valence-corrected chi connectivity index (χ1v) is 10.5. The highest BCUT2D eigenvalue weighted by molar-refractivity contribution is 5.89. The van der Waals surface area contributed by atoms with Gasteiger partial charge in [0.05, 0.1) is 23.2 Å². The molecule has 0 bridgehead atoms. The highest BCUT2D eigenvalue weighted by Crippen LogP contribution is 2.35. The Morgan fingerprint density at radius 1 is 1.07 bits per heavy atom. The minimum absolute atomic E-state index is 0.0451. The third-order valence-corrected chi connectivity index (χ3v) is 4.71. The molecule has 0 spiro atoms. The van der Waals surface area contributed by atoms with Crippen molar-refractivity contribution in [3.05, 3.63) is 38.7 Å². The lowest BCUT2D eigenvalue weighted by molar-refractivity contribution is -0.384. The Bertz CT molecular complexity index is 889. The van der Waals surface area contributed by atoms with E-state index in [0.29, 0.717) is 29.8 Å². The van der Waals surface area contributed by atoms with Crippen molar-refractivity contribution in [2.75, 3.05) is 6.61 Å². The summed E-state index contributed by atoms with van der Waals surface area (Å²) in [5, 5.41) is 12.0. The standard InChI is InChI=1S/C22H32N2O5/c1-5-7-9-10-13-23-19-15-17(24(26)27)11-12-18(19)20(28-14-8-6-2)21(22(23)25)29-16(3)4/h11-12,15-16H,5-10,13-14H2,1-4H3. The third kappa shape index (κ3) is 5.71. The van der Waals surface area contributed by atoms with Crippen LogP contribution >= 0.6 is 0 Å². The van der Waals surface area contributed by atoms with Gasteiger partial charge in [0.15, 0.2) is 5.75 Å². The maximum Gasteiger partial charge on any atom is 0.297 e. The maximum atomic E-state index is 13.3. The summed E-state index contributed by atoms with van der Waals surface area (Å²) in [5.74, 6) is 0.569. The molecule has 0 aliphatic heterocycles. The van der Waals surface area contributed by atoms with E-state index < -0.39 is 4.92 Å². The number of pyridine rings is 1. The molecule has 7 nitrogen and oxygen atoms in total. The molecule has 2 rings (SSSR count). The number of rotatable bonds is 12. The van der Waals surface area contributed by atoms with Crippen molar-refractivity contribution >= 4 is 16.6 Å². The van der Waals surface area contributed by atoms with Crippen LogP contribution in [0, 0.1) is 10.1 Å². The SMILES string of the molecule is CCCCCCn1c(=O)c(OC(C)C)c(OCCCC)c2ccc([N+](=O)[O-])cc21. The van der Waals surface area contributed by atoms with Crippen molar-refractivity contribution in [1.29, 1.82) is 0 Å². The van der Waals surface area contributed by atoms with E-state index in [0.717, 1.165) is 38.5 Å². The summed E-state index contributed by atoms with van der Waals surface area (Å²) < 4.78 is 13.4. The fourth-order valence-electron chi connectivity index (χ4n) is 3.22. The van der Waals surface area contributed by atoms with Gasteiger partial charge in [-0.3, -0.25) is 14.9 Å². The molecule has 1 aromatic carbocycles. The van der Waals surface area contributed by atoms with Crippen molar-refractivity contribution in [2.45, 2.75) is 78.9 Å². The summed E-state index contributed by atoms with van der Waals surface area (Å²) in [4.78, 5) is 24.2. The Morgan fingerprint density at radius 3 is 2.41 bits per heavy atom. The van der Waals surface area contributed by atoms with E-state index in [4.69, 9.17) is 9.47 Å². The Balaban J connectivity index is 2.67. The van der Waals surface area contributed by atoms with Gasteiger partial charge in [-0.1, -0.05) is 39.5 Å². The average molecular weight is 405 g/mol. The van der Waals surface area contributed by atoms with Gasteiger partial charge >= 0.3 is 0 Å². The van der Waals surface area contributed by atoms with Crippen LogP contribution in [0.25, 0.3) is 10.9 Å². The van der Waals surface area contributed by atoms with Gasteiger partial charge < -0.3 is 14.0 Å². The molecule has 0 aliphatic carbocycles. The Morgan fingerprint density at radius 2 is 1.79 bits per heavy atom. The summed E-state index contributed by atoms with van der Waals surface area (Å²) in [6.07, 6.45) is 5.60. The van der Waals surface area contributed by atoms with E-state index in [1.54, 1.807) is 10.6 Å². The van der Waals surface area contributed by atoms with Gasteiger partial charge in [-0.05, 0) is 32.8 Å². The predicted molar refractivity (Wildman–Crippen MR) is 115 cm³/mol. The first kappa shape index (κ1) is 22.7. The molecule has 0 atom stereocenters. The third-order valence-electron chi connectivity index (χ3n) is 4.71. The number of nitro benzene ring substituents is 1. The number of fused-ring (bicyclic) bond motifs is 1. The topological polar surface area (TPSA) is 83.6 Å². The van der Waals surface area contributed by atoms with Crippen LogP contribution in [0.1, 0.15) is 66.2 Å². The molecule has 0 radical (unpaired) electrons. The molecule has 1 heterocycles. The summed E-state index contributed by atoms with van der Waals surface area (Å²) >= 11 is 0. The zero-order chi connectivity index (χ0) is 21.4. The first-order chi connectivity index (χ1) is 13.9. The lowest BCUT2D eigenvalue weighted by Gasteiger charge is -2.20. The maximum absolute atomic E-state index is 13.3. The number of aromatic nitrogens is 1. The van der Waals surface area contributed by atoms with E-state index in [1.165, 1.54) is 12.1 Å². The van der Waals surface area contributed by atoms with Gasteiger partial charge in [-0.15, -0.1) is 0 Å². The molecule has 1 aromatic heterocycles. The molecule has 0 aliphatic rings. The Kier molecular flexibility index (Phi) is 8.49. The molecule has 160 valence electrons. The number of ether oxygens (including phenoxy) is 2. The molecule has 0 saturated heterocycles. The van der Waals surface area contributed by atoms with Crippen molar-refractivity contribution in [3.8, 4) is 11.5 Å². The van der Waals surface area contributed by atoms with Crippen molar-refractivity contribution in [3.63, 3.8) is 0 Å². The van der Waals surface area contributed by atoms with Crippen molar-refractivity contribution < 1.29 is 14.4 Å². The molecule has 0 unspecified atom stereocenters. The number of nitro groups is 1. The molecular formula is C22H32N2O5. The quantitative estimate of drug-likeness (QED) is 0.267. The Hall–Kier alpha value is -2.57. The van der Waals surface area contributed by atoms with Crippen LogP contribution in [0.3, 0.4) is 0 Å². The Labute approximate surface area is 171 Å². The first-order valence-electron chi connectivity index (χ1n) is 10.5. The molecule has 0 saturated carbocycles. The molecule has 0 N–H and O–H groups in total. The molecule has 0 fully saturated rings. The van der Waals surface area contributed by atoms with Gasteiger partial charge in [0.25, 0.3) is 11.2 Å². The zero-order valence-electron chi connectivity index (χ0n) is 17.9. The molecule has 0 amide bonds. The van der Waals surface area contributed by atoms with Crippen LogP contribution in [0.15, 0.2) is 23.0 Å². The van der Waals surface area contributed by atoms with Crippen LogP contribution < -0.4 is 15.0 Å². The molecular weight excluding hydrogens is 372 g/mol. The lowest BCUT2D eigenvalue weighted by Crippen LogP contribution is -2.25. The number of unbranched alkanes of at least 4 members (excludes halogenated alkanes) is 4. The number of hydrogen-bond acceptors (Lipinski definition) is 5. The number of nitrogens with zero attached hydrogens (tertiary/aromatic N) is 2. The monoisotopic (exact) mass is 404 g/mol. The summed E-state index contributed by atoms with van der Waals surface area (Å²) in [6.45, 7) is 8.85. The van der Waals surface area contributed by atoms with Crippen LogP contribution in [0.2, 0.25) is 0 Å². The average Bonchev–Trinajstić information content (AvgIpc) is 2.68. The molecule has 29 heavy (non-hydrogen) atoms. The van der Waals surface area contributed by atoms with E-state index >= 15 is 0 Å². The van der Waals surface area contributed by atoms with Gasteiger partial charge in [0.1, 0.15) is 0 Å². The van der Waals surface area contributed by atoms with Crippen LogP contribution in [0.5, 0.6) is 11.5 Å². The van der Waals surface area contributed by atoms with E-state index in [9.17, 15) is 14.9 Å². The van der Waals surface area contributed by atoms with Crippen LogP contribution in [-0.4, -0.2) is 22.2 Å². The van der Waals surface area contributed by atoms with Gasteiger partial charge in [-0.2, -0.15) is 0 Å². The lowest BCUT2D eigenvalue weighted by atomic mass is 10.1. The smallest absolute Gasteiger partial charge is 0.297 e. The second-order valence-electron chi connectivity index (χ2n) is 7.50. The zero-order valence-corrected chi connectivity index (χ0v) is 17.9. The molecule has 2 aromatic rings. The van der Waals surface area contributed by atoms with Crippen LogP contribution in [-0.2, 0) is 6.54 Å². The number of aryl methyl sites for hydroxylation is 1. The molecule has 7 heteroatoms. The van der Waals surface area contributed by atoms with Gasteiger partial charge in [-0.25, -0.2) is 0 Å². The van der Waals surface area contributed by atoms with Crippen molar-refractivity contribution in [1.82, 2.24) is 4.57 Å². The van der Waals surface area contributed by atoms with E-state index in [2.05, 4.69) is 13.8 Å². The predicted octanol–water partition coefficient (Wildman–Crippen LogP) is 5.46. The summed E-state index contributed by atoms with van der Waals surface area (Å²) in [6, 6.07) is 4.56. The second-order valence-corrected chi connectivity index (χ2v) is 7.50. The fourth-order valence-corrected chi connectivity index (χ4v) is 3.22. The van der Waals surface area contributed by atoms with Gasteiger partial charge in [0, 0.05) is 24.1 Å². The van der Waals surface area contributed by atoms with E-state index in [1.807, 2.05) is 13.8 Å². The van der Waals surface area contributed by atoms with E-state index in [-0.39, 0.29) is 23.1 Å². The minimum atomic E-state index is -0.443. The number of hydrogen-bond donors (Lipinski definition) is 0. The largest absolute Gasteiger partial charge is 0.489 e. The summed E-state index contributed by atoms with van der Waals surface area (Å²) in [5.41, 5.74) is 0.175. The number of benzene rings is 1. The summed E-state index contributed by atoms with van der Waals surface area (Å²) in [7, 11) is 0.